The van der Waals surface area contributed by atoms with Crippen molar-refractivity contribution in [1.82, 2.24) is 0 Å². The zero-order valence-corrected chi connectivity index (χ0v) is 21.5. The Morgan fingerprint density at radius 2 is 1.57 bits per heavy atom. The first-order valence-electron chi connectivity index (χ1n) is 9.29. The number of fused-ring (bicyclic) bond motifs is 3. The van der Waals surface area contributed by atoms with Gasteiger partial charge >= 0.3 is 41.3 Å². The summed E-state index contributed by atoms with van der Waals surface area (Å²) in [7, 11) is 0. The van der Waals surface area contributed by atoms with Gasteiger partial charge in [0.25, 0.3) is 0 Å². The fraction of sp³-hybridized carbons (Fsp3) is 0.280. The van der Waals surface area contributed by atoms with Crippen molar-refractivity contribution in [1.29, 1.82) is 0 Å². The van der Waals surface area contributed by atoms with Crippen LogP contribution < -0.4 is 24.8 Å². The minimum atomic E-state index is 0. The van der Waals surface area contributed by atoms with E-state index in [-0.39, 0.29) is 24.8 Å². The fourth-order valence-corrected chi connectivity index (χ4v) is 4.01. The first-order valence-corrected chi connectivity index (χ1v) is 10.5. The Bertz CT molecular complexity index is 1080. The summed E-state index contributed by atoms with van der Waals surface area (Å²) in [5, 5.41) is 5.70. The van der Waals surface area contributed by atoms with E-state index >= 15 is 0 Å². The van der Waals surface area contributed by atoms with Gasteiger partial charge in [-0.3, -0.25) is 0 Å². The van der Waals surface area contributed by atoms with Crippen molar-refractivity contribution in [2.24, 2.45) is 0 Å². The fourth-order valence-electron chi connectivity index (χ4n) is 4.01. The third kappa shape index (κ3) is 4.64. The molecule has 0 unspecified atom stereocenters. The topological polar surface area (TPSA) is 0 Å². The van der Waals surface area contributed by atoms with Crippen molar-refractivity contribution >= 4 is 30.3 Å². The molecule has 4 rings (SSSR count). The maximum atomic E-state index is 2.39. The number of benzene rings is 2. The van der Waals surface area contributed by atoms with E-state index in [1.54, 1.807) is 24.2 Å². The van der Waals surface area contributed by atoms with Gasteiger partial charge in [-0.05, 0) is 34.1 Å². The molecule has 1 aliphatic rings. The summed E-state index contributed by atoms with van der Waals surface area (Å²) in [5.41, 5.74) is 8.60. The van der Waals surface area contributed by atoms with E-state index in [4.69, 9.17) is 0 Å². The van der Waals surface area contributed by atoms with Gasteiger partial charge in [-0.25, -0.2) is 0 Å². The number of aryl methyl sites for hydroxylation is 2. The Morgan fingerprint density at radius 3 is 2.14 bits per heavy atom. The van der Waals surface area contributed by atoms with E-state index < -0.39 is 0 Å². The van der Waals surface area contributed by atoms with Crippen LogP contribution in [0.15, 0.2) is 42.5 Å². The molecule has 0 N–H and O–H groups in total. The van der Waals surface area contributed by atoms with Crippen molar-refractivity contribution < 1.29 is 49.0 Å². The van der Waals surface area contributed by atoms with Gasteiger partial charge in [0.1, 0.15) is 0 Å². The Kier molecular flexibility index (Phi) is 9.20. The average Bonchev–Trinajstić information content (AvgIpc) is 3.21. The molecule has 28 heavy (non-hydrogen) atoms. The molecule has 0 spiro atoms. The molecular formula is C25H27Cl2Zr-. The molecule has 146 valence electrons. The molecule has 3 aromatic rings. The number of allylic oxidation sites excluding steroid dienone is 4. The van der Waals surface area contributed by atoms with E-state index in [9.17, 15) is 0 Å². The molecule has 3 aromatic carbocycles. The molecule has 1 aliphatic carbocycles. The van der Waals surface area contributed by atoms with Crippen LogP contribution in [-0.4, -0.2) is 3.21 Å². The summed E-state index contributed by atoms with van der Waals surface area (Å²) >= 11 is 1.55. The minimum Gasteiger partial charge on any atom is -1.00 e. The van der Waals surface area contributed by atoms with Crippen LogP contribution >= 0.6 is 0 Å². The first kappa shape index (κ1) is 25.2. The van der Waals surface area contributed by atoms with E-state index in [0.29, 0.717) is 0 Å². The van der Waals surface area contributed by atoms with Crippen LogP contribution in [-0.2, 0) is 24.2 Å². The summed E-state index contributed by atoms with van der Waals surface area (Å²) < 4.78 is 1.51. The number of hydrogen-bond acceptors (Lipinski definition) is 0. The van der Waals surface area contributed by atoms with Crippen LogP contribution in [0.2, 0.25) is 0 Å². The molecule has 0 aromatic heterocycles. The normalized spacial score (nSPS) is 12.2. The molecule has 0 saturated heterocycles. The predicted octanol–water partition coefficient (Wildman–Crippen LogP) is 1.04. The van der Waals surface area contributed by atoms with Crippen molar-refractivity contribution in [3.63, 3.8) is 0 Å². The van der Waals surface area contributed by atoms with Gasteiger partial charge in [-0.1, -0.05) is 63.8 Å². The van der Waals surface area contributed by atoms with E-state index in [1.807, 2.05) is 0 Å². The zero-order chi connectivity index (χ0) is 19.0. The van der Waals surface area contributed by atoms with E-state index in [1.165, 1.54) is 58.1 Å². The van der Waals surface area contributed by atoms with Gasteiger partial charge in [-0.15, -0.1) is 33.7 Å². The SMILES string of the molecule is C[C](C)=[Zr+2].Cc1c(C)c(C)c2c([cH-]c3cccc(C)c32)c1C1=CC=CC1.[Cl-].[Cl-]. The van der Waals surface area contributed by atoms with Gasteiger partial charge in [0, 0.05) is 0 Å². The summed E-state index contributed by atoms with van der Waals surface area (Å²) in [4.78, 5) is 0. The van der Waals surface area contributed by atoms with Crippen molar-refractivity contribution in [3.05, 3.63) is 70.3 Å². The second-order valence-corrected chi connectivity index (χ2v) is 10.0. The van der Waals surface area contributed by atoms with E-state index in [2.05, 4.69) is 84.0 Å². The maximum absolute atomic E-state index is 2.39. The van der Waals surface area contributed by atoms with Crippen LogP contribution in [0.25, 0.3) is 27.1 Å². The Balaban J connectivity index is 0.000000601. The minimum absolute atomic E-state index is 0. The second-order valence-electron chi connectivity index (χ2n) is 7.55. The van der Waals surface area contributed by atoms with Crippen LogP contribution in [0.5, 0.6) is 0 Å². The summed E-state index contributed by atoms with van der Waals surface area (Å²) in [6.45, 7) is 13.3. The monoisotopic (exact) mass is 487 g/mol. The van der Waals surface area contributed by atoms with Gasteiger partial charge in [0.2, 0.25) is 0 Å². The van der Waals surface area contributed by atoms with Crippen LogP contribution in [0, 0.1) is 27.7 Å². The van der Waals surface area contributed by atoms with E-state index in [0.717, 1.165) is 6.42 Å². The van der Waals surface area contributed by atoms with Crippen molar-refractivity contribution in [2.75, 3.05) is 0 Å². The second kappa shape index (κ2) is 10.2. The summed E-state index contributed by atoms with van der Waals surface area (Å²) in [5.74, 6) is 0. The maximum Gasteiger partial charge on any atom is -0.0159 e. The number of halogens is 2. The molecule has 0 nitrogen and oxygen atoms in total. The third-order valence-electron chi connectivity index (χ3n) is 5.36. The zero-order valence-electron chi connectivity index (χ0n) is 17.5. The van der Waals surface area contributed by atoms with Crippen LogP contribution in [0.4, 0.5) is 0 Å². The molecule has 0 atom stereocenters. The molecule has 0 heterocycles. The largest absolute Gasteiger partial charge is 1.00 e. The van der Waals surface area contributed by atoms with Crippen LogP contribution in [0.1, 0.15) is 48.1 Å². The van der Waals surface area contributed by atoms with Gasteiger partial charge in [0.15, 0.2) is 0 Å². The Labute approximate surface area is 196 Å². The van der Waals surface area contributed by atoms with Gasteiger partial charge in [0.05, 0.1) is 0 Å². The quantitative estimate of drug-likeness (QED) is 0.449. The molecule has 0 fully saturated rings. The summed E-state index contributed by atoms with van der Waals surface area (Å²) in [6.07, 6.45) is 7.77. The molecule has 3 heteroatoms. The third-order valence-corrected chi connectivity index (χ3v) is 5.36. The predicted molar refractivity (Wildman–Crippen MR) is 114 cm³/mol. The molecule has 0 aliphatic heterocycles. The van der Waals surface area contributed by atoms with Gasteiger partial charge < -0.3 is 24.8 Å². The van der Waals surface area contributed by atoms with Crippen molar-refractivity contribution in [3.8, 4) is 0 Å². The van der Waals surface area contributed by atoms with Crippen LogP contribution in [0.3, 0.4) is 0 Å². The number of rotatable bonds is 1. The summed E-state index contributed by atoms with van der Waals surface area (Å²) in [6, 6.07) is 9.04. The molecule has 0 bridgehead atoms. The Morgan fingerprint density at radius 1 is 0.929 bits per heavy atom. The molecule has 0 saturated carbocycles. The number of hydrogen-bond donors (Lipinski definition) is 0. The van der Waals surface area contributed by atoms with Gasteiger partial charge in [-0.2, -0.15) is 0 Å². The van der Waals surface area contributed by atoms with Crippen molar-refractivity contribution in [2.45, 2.75) is 48.0 Å². The average molecular weight is 490 g/mol. The first-order chi connectivity index (χ1) is 12.3. The molecule has 0 radical (unpaired) electrons. The molecule has 0 amide bonds. The molecular weight excluding hydrogens is 462 g/mol. The standard InChI is InChI=1S/C22H21.C3H6.2ClH.Zr/c1-13-8-7-11-18-12-19-21(17-9-5-6-10-17)15(3)14(2)16(4)22(19)20(13)18;1-3-2;;;/h5-9,11-12H,10H2,1-4H3;1-2H3;2*1H;/q-1;;;;+2/p-2. The Hall–Kier alpha value is -0.877. The smallest absolute Gasteiger partial charge is 0.0159 e.